The van der Waals surface area contributed by atoms with Crippen LogP contribution < -0.4 is 5.32 Å². The van der Waals surface area contributed by atoms with Gasteiger partial charge in [-0.2, -0.15) is 0 Å². The SMILES string of the molecule is Cc1cc(NC(=O)c2ccc(Cl)c(S(=O)(=O)C3CC4C[C@H](C)C(C3)[C@]4(C)O)c2)cc(F)c1F. The molecule has 2 N–H and O–H groups in total. The standard InChI is InChI=1S/C24H26ClF2NO4S/c1-12-6-15-9-17(11-18(12)24(15,3)30)33(31,32)21-8-14(4-5-19(21)25)23(29)28-16-7-13(2)22(27)20(26)10-16/h4-5,7-8,10,12,15,17-18,30H,6,9,11H2,1-3H3,(H,28,29)/t12-,15?,17?,18?,24+/m0/s1. The van der Waals surface area contributed by atoms with Crippen molar-refractivity contribution >= 4 is 33.0 Å². The Balaban J connectivity index is 1.61. The van der Waals surface area contributed by atoms with Crippen molar-refractivity contribution in [2.75, 3.05) is 5.32 Å². The summed E-state index contributed by atoms with van der Waals surface area (Å²) in [5.74, 6) is -2.79. The molecule has 3 unspecified atom stereocenters. The minimum atomic E-state index is -3.87. The van der Waals surface area contributed by atoms with Crippen LogP contribution in [0.4, 0.5) is 14.5 Å². The van der Waals surface area contributed by atoms with E-state index in [0.29, 0.717) is 12.8 Å². The van der Waals surface area contributed by atoms with Crippen LogP contribution in [-0.4, -0.2) is 30.3 Å². The van der Waals surface area contributed by atoms with Gasteiger partial charge in [0.05, 0.1) is 20.8 Å². The zero-order valence-corrected chi connectivity index (χ0v) is 20.1. The molecule has 178 valence electrons. The summed E-state index contributed by atoms with van der Waals surface area (Å²) < 4.78 is 54.2. The van der Waals surface area contributed by atoms with E-state index >= 15 is 0 Å². The zero-order valence-electron chi connectivity index (χ0n) is 18.5. The molecule has 5 nitrogen and oxygen atoms in total. The summed E-state index contributed by atoms with van der Waals surface area (Å²) in [7, 11) is -3.87. The summed E-state index contributed by atoms with van der Waals surface area (Å²) in [6.45, 7) is 5.19. The summed E-state index contributed by atoms with van der Waals surface area (Å²) in [6, 6.07) is 6.09. The number of anilines is 1. The number of amides is 1. The topological polar surface area (TPSA) is 83.5 Å². The van der Waals surface area contributed by atoms with Crippen molar-refractivity contribution in [3.63, 3.8) is 0 Å². The van der Waals surface area contributed by atoms with Gasteiger partial charge in [-0.15, -0.1) is 0 Å². The Morgan fingerprint density at radius 2 is 1.88 bits per heavy atom. The number of benzene rings is 2. The molecule has 0 saturated heterocycles. The number of sulfone groups is 1. The van der Waals surface area contributed by atoms with Gasteiger partial charge in [-0.05, 0) is 80.7 Å². The van der Waals surface area contributed by atoms with Crippen LogP contribution in [0.15, 0.2) is 35.2 Å². The average molecular weight is 498 g/mol. The first-order chi connectivity index (χ1) is 15.3. The number of carbonyl (C=O) groups excluding carboxylic acids is 1. The fraction of sp³-hybridized carbons (Fsp3) is 0.458. The van der Waals surface area contributed by atoms with Crippen molar-refractivity contribution in [3.8, 4) is 0 Å². The van der Waals surface area contributed by atoms with Crippen LogP contribution in [0.2, 0.25) is 5.02 Å². The Bertz CT molecular complexity index is 1210. The predicted molar refractivity (Wildman–Crippen MR) is 122 cm³/mol. The summed E-state index contributed by atoms with van der Waals surface area (Å²) in [5, 5.41) is 12.6. The second kappa shape index (κ2) is 8.32. The highest BCUT2D eigenvalue weighted by molar-refractivity contribution is 7.92. The highest BCUT2D eigenvalue weighted by Gasteiger charge is 2.56. The fourth-order valence-corrected chi connectivity index (χ4v) is 7.91. The molecule has 0 radical (unpaired) electrons. The summed E-state index contributed by atoms with van der Waals surface area (Å²) in [6.07, 6.45) is 1.43. The number of carbonyl (C=O) groups is 1. The van der Waals surface area contributed by atoms with Gasteiger partial charge in [0.1, 0.15) is 0 Å². The third-order valence-electron chi connectivity index (χ3n) is 7.39. The number of rotatable bonds is 4. The van der Waals surface area contributed by atoms with E-state index in [2.05, 4.69) is 5.32 Å². The molecular weight excluding hydrogens is 472 g/mol. The van der Waals surface area contributed by atoms with Gasteiger partial charge < -0.3 is 10.4 Å². The summed E-state index contributed by atoms with van der Waals surface area (Å²) >= 11 is 6.25. The van der Waals surface area contributed by atoms with Gasteiger partial charge in [-0.1, -0.05) is 18.5 Å². The van der Waals surface area contributed by atoms with Gasteiger partial charge in [-0.25, -0.2) is 17.2 Å². The summed E-state index contributed by atoms with van der Waals surface area (Å²) in [5.41, 5.74) is -0.781. The van der Waals surface area contributed by atoms with Crippen molar-refractivity contribution in [2.45, 2.75) is 55.8 Å². The number of halogens is 3. The van der Waals surface area contributed by atoms with Crippen LogP contribution in [0, 0.1) is 36.3 Å². The molecule has 2 bridgehead atoms. The fourth-order valence-electron chi connectivity index (χ4n) is 5.53. The Labute approximate surface area is 197 Å². The van der Waals surface area contributed by atoms with Crippen molar-refractivity contribution < 1.29 is 27.1 Å². The number of aliphatic hydroxyl groups is 1. The number of aryl methyl sites for hydroxylation is 1. The van der Waals surface area contributed by atoms with Crippen LogP contribution in [0.25, 0.3) is 0 Å². The number of hydrogen-bond donors (Lipinski definition) is 2. The van der Waals surface area contributed by atoms with Crippen molar-refractivity contribution in [1.82, 2.24) is 0 Å². The van der Waals surface area contributed by atoms with E-state index in [0.717, 1.165) is 12.5 Å². The second-order valence-corrected chi connectivity index (χ2v) is 12.2. The van der Waals surface area contributed by atoms with Crippen LogP contribution in [-0.2, 0) is 9.84 Å². The van der Waals surface area contributed by atoms with E-state index in [1.165, 1.54) is 31.2 Å². The van der Waals surface area contributed by atoms with E-state index in [-0.39, 0.29) is 44.5 Å². The molecule has 2 saturated carbocycles. The highest BCUT2D eigenvalue weighted by atomic mass is 35.5. The molecule has 0 aromatic heterocycles. The first kappa shape index (κ1) is 24.1. The van der Waals surface area contributed by atoms with Crippen LogP contribution in [0.1, 0.15) is 49.0 Å². The maximum atomic E-state index is 13.7. The van der Waals surface area contributed by atoms with Gasteiger partial charge in [0.15, 0.2) is 21.5 Å². The number of fused-ring (bicyclic) bond motifs is 2. The molecule has 4 rings (SSSR count). The van der Waals surface area contributed by atoms with Crippen LogP contribution >= 0.6 is 11.6 Å². The quantitative estimate of drug-likeness (QED) is 0.612. The van der Waals surface area contributed by atoms with Crippen LogP contribution in [0.3, 0.4) is 0 Å². The first-order valence-electron chi connectivity index (χ1n) is 10.8. The largest absolute Gasteiger partial charge is 0.390 e. The third-order valence-corrected chi connectivity index (χ3v) is 10.0. The predicted octanol–water partition coefficient (Wildman–Crippen LogP) is 5.14. The molecule has 33 heavy (non-hydrogen) atoms. The molecule has 1 amide bonds. The Kier molecular flexibility index (Phi) is 6.08. The smallest absolute Gasteiger partial charge is 0.255 e. The van der Waals surface area contributed by atoms with Crippen LogP contribution in [0.5, 0.6) is 0 Å². The highest BCUT2D eigenvalue weighted by Crippen LogP contribution is 2.54. The van der Waals surface area contributed by atoms with E-state index in [1.807, 2.05) is 6.92 Å². The minimum absolute atomic E-state index is 0.00736. The molecule has 0 heterocycles. The average Bonchev–Trinajstić information content (AvgIpc) is 2.85. The molecule has 2 aliphatic carbocycles. The zero-order chi connectivity index (χ0) is 24.3. The van der Waals surface area contributed by atoms with Gasteiger partial charge >= 0.3 is 0 Å². The lowest BCUT2D eigenvalue weighted by Gasteiger charge is -2.40. The molecule has 2 aliphatic rings. The monoisotopic (exact) mass is 497 g/mol. The van der Waals surface area contributed by atoms with Gasteiger partial charge in [0.2, 0.25) is 0 Å². The van der Waals surface area contributed by atoms with E-state index < -0.39 is 38.2 Å². The molecule has 2 aromatic carbocycles. The molecule has 2 aromatic rings. The molecule has 0 spiro atoms. The minimum Gasteiger partial charge on any atom is -0.390 e. The van der Waals surface area contributed by atoms with Gasteiger partial charge in [-0.3, -0.25) is 4.79 Å². The van der Waals surface area contributed by atoms with Gasteiger partial charge in [0.25, 0.3) is 5.91 Å². The van der Waals surface area contributed by atoms with E-state index in [4.69, 9.17) is 11.6 Å². The van der Waals surface area contributed by atoms with Crippen molar-refractivity contribution in [3.05, 3.63) is 58.1 Å². The number of hydrogen-bond acceptors (Lipinski definition) is 4. The molecule has 5 atom stereocenters. The first-order valence-corrected chi connectivity index (χ1v) is 12.8. The van der Waals surface area contributed by atoms with E-state index in [1.54, 1.807) is 6.92 Å². The summed E-state index contributed by atoms with van der Waals surface area (Å²) in [4.78, 5) is 12.6. The molecule has 2 fully saturated rings. The second-order valence-electron chi connectivity index (χ2n) is 9.57. The van der Waals surface area contributed by atoms with E-state index in [9.17, 15) is 27.1 Å². The maximum absolute atomic E-state index is 13.7. The van der Waals surface area contributed by atoms with Gasteiger partial charge in [0, 0.05) is 17.3 Å². The van der Waals surface area contributed by atoms with Crippen molar-refractivity contribution in [2.24, 2.45) is 17.8 Å². The molecule has 0 aliphatic heterocycles. The molecule has 9 heteroatoms. The molecular formula is C24H26ClF2NO4S. The Morgan fingerprint density at radius 1 is 1.18 bits per heavy atom. The lowest BCUT2D eigenvalue weighted by Crippen LogP contribution is -2.46. The number of nitrogens with one attached hydrogen (secondary N) is 1. The third kappa shape index (κ3) is 4.17. The Hall–Kier alpha value is -2.03. The lowest BCUT2D eigenvalue weighted by molar-refractivity contribution is -0.0466. The Morgan fingerprint density at radius 3 is 2.52 bits per heavy atom. The lowest BCUT2D eigenvalue weighted by atomic mass is 9.74. The van der Waals surface area contributed by atoms with Crippen molar-refractivity contribution in [1.29, 1.82) is 0 Å². The normalized spacial score (nSPS) is 29.2. The maximum Gasteiger partial charge on any atom is 0.255 e.